The summed E-state index contributed by atoms with van der Waals surface area (Å²) >= 11 is 3.48. The molecule has 3 heteroatoms. The summed E-state index contributed by atoms with van der Waals surface area (Å²) < 4.78 is 1.07. The Morgan fingerprint density at radius 1 is 1.35 bits per heavy atom. The second-order valence-corrected chi connectivity index (χ2v) is 5.85. The second kappa shape index (κ2) is 7.83. The van der Waals surface area contributed by atoms with Gasteiger partial charge in [-0.25, -0.2) is 0 Å². The smallest absolute Gasteiger partial charge is 0.0410 e. The first kappa shape index (κ1) is 14.7. The van der Waals surface area contributed by atoms with Gasteiger partial charge in [-0.15, -0.1) is 0 Å². The summed E-state index contributed by atoms with van der Waals surface area (Å²) in [5.74, 6) is 0.707. The minimum absolute atomic E-state index is 0.565. The van der Waals surface area contributed by atoms with E-state index in [0.29, 0.717) is 12.0 Å². The maximum Gasteiger partial charge on any atom is 0.0410 e. The number of hydrogen-bond acceptors (Lipinski definition) is 2. The SMILES string of the molecule is CCCC(CNC(C)C)Cc1cncc(Br)c1. The molecule has 0 radical (unpaired) electrons. The summed E-state index contributed by atoms with van der Waals surface area (Å²) in [4.78, 5) is 4.23. The minimum Gasteiger partial charge on any atom is -0.314 e. The maximum atomic E-state index is 4.23. The van der Waals surface area contributed by atoms with Crippen LogP contribution in [0.4, 0.5) is 0 Å². The van der Waals surface area contributed by atoms with Crippen molar-refractivity contribution >= 4 is 15.9 Å². The number of halogens is 1. The van der Waals surface area contributed by atoms with Gasteiger partial charge in [0.05, 0.1) is 0 Å². The quantitative estimate of drug-likeness (QED) is 0.828. The molecule has 1 atom stereocenters. The van der Waals surface area contributed by atoms with Gasteiger partial charge in [0.25, 0.3) is 0 Å². The summed E-state index contributed by atoms with van der Waals surface area (Å²) in [6.07, 6.45) is 7.44. The lowest BCUT2D eigenvalue weighted by Crippen LogP contribution is -2.29. The van der Waals surface area contributed by atoms with Crippen LogP contribution in [0.5, 0.6) is 0 Å². The normalized spacial score (nSPS) is 13.0. The molecule has 1 aromatic heterocycles. The van der Waals surface area contributed by atoms with Crippen molar-refractivity contribution < 1.29 is 0 Å². The van der Waals surface area contributed by atoms with Crippen LogP contribution in [0.2, 0.25) is 0 Å². The van der Waals surface area contributed by atoms with E-state index >= 15 is 0 Å². The molecule has 0 amide bonds. The number of aromatic nitrogens is 1. The molecular weight excluding hydrogens is 276 g/mol. The van der Waals surface area contributed by atoms with Gasteiger partial charge in [-0.2, -0.15) is 0 Å². The van der Waals surface area contributed by atoms with Crippen LogP contribution in [0.25, 0.3) is 0 Å². The van der Waals surface area contributed by atoms with E-state index in [1.54, 1.807) is 0 Å². The van der Waals surface area contributed by atoms with E-state index in [2.05, 4.69) is 53.1 Å². The zero-order valence-electron chi connectivity index (χ0n) is 11.0. The summed E-state index contributed by atoms with van der Waals surface area (Å²) in [5.41, 5.74) is 1.32. The van der Waals surface area contributed by atoms with Crippen molar-refractivity contribution in [1.29, 1.82) is 0 Å². The number of nitrogens with zero attached hydrogens (tertiary/aromatic N) is 1. The van der Waals surface area contributed by atoms with Crippen LogP contribution in [-0.2, 0) is 6.42 Å². The molecule has 1 N–H and O–H groups in total. The molecule has 0 aliphatic rings. The van der Waals surface area contributed by atoms with Gasteiger partial charge in [0.2, 0.25) is 0 Å². The zero-order valence-corrected chi connectivity index (χ0v) is 12.6. The number of hydrogen-bond donors (Lipinski definition) is 1. The van der Waals surface area contributed by atoms with Crippen molar-refractivity contribution in [3.63, 3.8) is 0 Å². The van der Waals surface area contributed by atoms with Crippen LogP contribution >= 0.6 is 15.9 Å². The molecule has 0 aliphatic heterocycles. The van der Waals surface area contributed by atoms with Crippen LogP contribution < -0.4 is 5.32 Å². The third-order valence-corrected chi connectivity index (χ3v) is 3.23. The molecule has 1 rings (SSSR count). The van der Waals surface area contributed by atoms with Gasteiger partial charge >= 0.3 is 0 Å². The molecule has 1 unspecified atom stereocenters. The van der Waals surface area contributed by atoms with Crippen LogP contribution in [-0.4, -0.2) is 17.6 Å². The van der Waals surface area contributed by atoms with Crippen molar-refractivity contribution in [2.45, 2.75) is 46.1 Å². The van der Waals surface area contributed by atoms with Gasteiger partial charge in [-0.05, 0) is 52.9 Å². The van der Waals surface area contributed by atoms with Crippen LogP contribution in [0.15, 0.2) is 22.9 Å². The lowest BCUT2D eigenvalue weighted by molar-refractivity contribution is 0.418. The second-order valence-electron chi connectivity index (χ2n) is 4.93. The Labute approximate surface area is 113 Å². The average Bonchev–Trinajstić information content (AvgIpc) is 2.26. The minimum atomic E-state index is 0.565. The molecular formula is C14H23BrN2. The lowest BCUT2D eigenvalue weighted by Gasteiger charge is -2.18. The lowest BCUT2D eigenvalue weighted by atomic mass is 9.95. The van der Waals surface area contributed by atoms with Crippen molar-refractivity contribution in [3.05, 3.63) is 28.5 Å². The highest BCUT2D eigenvalue weighted by molar-refractivity contribution is 9.10. The largest absolute Gasteiger partial charge is 0.314 e. The molecule has 1 heterocycles. The standard InChI is InChI=1S/C14H23BrN2/c1-4-5-12(9-17-11(2)3)6-13-7-14(15)10-16-8-13/h7-8,10-12,17H,4-6,9H2,1-3H3. The molecule has 17 heavy (non-hydrogen) atoms. The highest BCUT2D eigenvalue weighted by atomic mass is 79.9. The van der Waals surface area contributed by atoms with Gasteiger partial charge in [0.1, 0.15) is 0 Å². The van der Waals surface area contributed by atoms with Crippen molar-refractivity contribution in [3.8, 4) is 0 Å². The topological polar surface area (TPSA) is 24.9 Å². The molecule has 2 nitrogen and oxygen atoms in total. The predicted molar refractivity (Wildman–Crippen MR) is 77.2 cm³/mol. The molecule has 0 bridgehead atoms. The van der Waals surface area contributed by atoms with E-state index in [9.17, 15) is 0 Å². The third kappa shape index (κ3) is 6.18. The Hall–Kier alpha value is -0.410. The van der Waals surface area contributed by atoms with E-state index in [4.69, 9.17) is 0 Å². The molecule has 0 aromatic carbocycles. The first-order valence-corrected chi connectivity index (χ1v) is 7.24. The summed E-state index contributed by atoms with van der Waals surface area (Å²) in [7, 11) is 0. The van der Waals surface area contributed by atoms with Crippen molar-refractivity contribution in [2.24, 2.45) is 5.92 Å². The Balaban J connectivity index is 2.53. The van der Waals surface area contributed by atoms with Crippen molar-refractivity contribution in [2.75, 3.05) is 6.54 Å². The zero-order chi connectivity index (χ0) is 12.7. The van der Waals surface area contributed by atoms with E-state index in [-0.39, 0.29) is 0 Å². The fourth-order valence-electron chi connectivity index (χ4n) is 1.99. The highest BCUT2D eigenvalue weighted by Gasteiger charge is 2.10. The van der Waals surface area contributed by atoms with Gasteiger partial charge in [-0.3, -0.25) is 4.98 Å². The Bertz CT molecular complexity index is 326. The summed E-state index contributed by atoms with van der Waals surface area (Å²) in [5, 5.41) is 3.53. The Morgan fingerprint density at radius 3 is 2.71 bits per heavy atom. The predicted octanol–water partition coefficient (Wildman–Crippen LogP) is 3.80. The number of nitrogens with one attached hydrogen (secondary N) is 1. The van der Waals surface area contributed by atoms with Gasteiger partial charge in [-0.1, -0.05) is 27.2 Å². The molecule has 1 aromatic rings. The Kier molecular flexibility index (Phi) is 6.75. The van der Waals surface area contributed by atoms with Gasteiger partial charge < -0.3 is 5.32 Å². The van der Waals surface area contributed by atoms with Gasteiger partial charge in [0, 0.05) is 22.9 Å². The third-order valence-electron chi connectivity index (χ3n) is 2.80. The van der Waals surface area contributed by atoms with E-state index in [1.807, 2.05) is 12.4 Å². The molecule has 0 saturated carbocycles. The monoisotopic (exact) mass is 298 g/mol. The molecule has 0 fully saturated rings. The van der Waals surface area contributed by atoms with Crippen LogP contribution in [0.1, 0.15) is 39.2 Å². The van der Waals surface area contributed by atoms with E-state index in [0.717, 1.165) is 17.4 Å². The van der Waals surface area contributed by atoms with Crippen LogP contribution in [0.3, 0.4) is 0 Å². The summed E-state index contributed by atoms with van der Waals surface area (Å²) in [6.45, 7) is 7.74. The first-order chi connectivity index (χ1) is 8.11. The molecule has 0 spiro atoms. The highest BCUT2D eigenvalue weighted by Crippen LogP contribution is 2.16. The summed E-state index contributed by atoms with van der Waals surface area (Å²) in [6, 6.07) is 2.74. The average molecular weight is 299 g/mol. The number of rotatable bonds is 7. The van der Waals surface area contributed by atoms with E-state index in [1.165, 1.54) is 18.4 Å². The maximum absolute atomic E-state index is 4.23. The molecule has 0 aliphatic carbocycles. The first-order valence-electron chi connectivity index (χ1n) is 6.44. The fourth-order valence-corrected chi connectivity index (χ4v) is 2.40. The number of pyridine rings is 1. The van der Waals surface area contributed by atoms with E-state index < -0.39 is 0 Å². The molecule has 96 valence electrons. The Morgan fingerprint density at radius 2 is 2.12 bits per heavy atom. The fraction of sp³-hybridized carbons (Fsp3) is 0.643. The van der Waals surface area contributed by atoms with Crippen LogP contribution in [0, 0.1) is 5.92 Å². The van der Waals surface area contributed by atoms with Gasteiger partial charge in [0.15, 0.2) is 0 Å². The molecule has 0 saturated heterocycles. The van der Waals surface area contributed by atoms with Crippen molar-refractivity contribution in [1.82, 2.24) is 10.3 Å².